The third-order valence-corrected chi connectivity index (χ3v) is 6.32. The summed E-state index contributed by atoms with van der Waals surface area (Å²) in [4.78, 5) is 12.9. The van der Waals surface area contributed by atoms with Gasteiger partial charge in [-0.05, 0) is 55.4 Å². The number of thiophene rings is 1. The number of rotatable bonds is 7. The van der Waals surface area contributed by atoms with Crippen LogP contribution in [0.4, 0.5) is 0 Å². The predicted octanol–water partition coefficient (Wildman–Crippen LogP) is 4.60. The van der Waals surface area contributed by atoms with Gasteiger partial charge in [-0.3, -0.25) is 9.89 Å². The SMILES string of the molecule is CN=C(NCc1coc(-c2ccccc2)n1)NCC1CCN(Cc2cccs2)CC1.I. The number of benzene rings is 1. The fraction of sp³-hybridized carbons (Fsp3) is 0.391. The number of aliphatic imine (C=N–C) groups is 1. The number of likely N-dealkylation sites (tertiary alicyclic amines) is 1. The van der Waals surface area contributed by atoms with Crippen LogP contribution < -0.4 is 10.6 Å². The summed E-state index contributed by atoms with van der Waals surface area (Å²) in [5.74, 6) is 2.13. The Morgan fingerprint density at radius 3 is 2.68 bits per heavy atom. The van der Waals surface area contributed by atoms with Crippen molar-refractivity contribution < 1.29 is 4.42 Å². The van der Waals surface area contributed by atoms with Crippen LogP contribution in [0.25, 0.3) is 11.5 Å². The van der Waals surface area contributed by atoms with Gasteiger partial charge in [0.25, 0.3) is 0 Å². The molecule has 3 heterocycles. The standard InChI is InChI=1S/C23H29N5OS.HI/c1-24-23(26-15-20-17-29-22(27-20)19-6-3-2-4-7-19)25-14-18-9-11-28(12-10-18)16-21-8-5-13-30-21;/h2-8,13,17-18H,9-12,14-16H2,1H3,(H2,24,25,26);1H. The number of aromatic nitrogens is 1. The Kier molecular flexibility index (Phi) is 9.35. The third-order valence-electron chi connectivity index (χ3n) is 5.46. The van der Waals surface area contributed by atoms with Crippen LogP contribution in [0.2, 0.25) is 0 Å². The van der Waals surface area contributed by atoms with E-state index in [0.717, 1.165) is 43.4 Å². The van der Waals surface area contributed by atoms with Crippen molar-refractivity contribution in [1.82, 2.24) is 20.5 Å². The molecule has 1 aromatic carbocycles. The maximum Gasteiger partial charge on any atom is 0.226 e. The summed E-state index contributed by atoms with van der Waals surface area (Å²) >= 11 is 1.85. The molecular weight excluding hydrogens is 521 g/mol. The van der Waals surface area contributed by atoms with Gasteiger partial charge in [-0.2, -0.15) is 0 Å². The molecule has 6 nitrogen and oxygen atoms in total. The maximum absolute atomic E-state index is 5.60. The van der Waals surface area contributed by atoms with Crippen LogP contribution in [0.3, 0.4) is 0 Å². The van der Waals surface area contributed by atoms with E-state index in [1.165, 1.54) is 17.7 Å². The molecule has 1 fully saturated rings. The lowest BCUT2D eigenvalue weighted by Gasteiger charge is -2.32. The van der Waals surface area contributed by atoms with Crippen molar-refractivity contribution in [2.45, 2.75) is 25.9 Å². The molecule has 0 radical (unpaired) electrons. The molecule has 1 aliphatic heterocycles. The van der Waals surface area contributed by atoms with Crippen molar-refractivity contribution in [2.24, 2.45) is 10.9 Å². The smallest absolute Gasteiger partial charge is 0.226 e. The molecule has 166 valence electrons. The molecule has 0 aliphatic carbocycles. The summed E-state index contributed by atoms with van der Waals surface area (Å²) in [7, 11) is 1.80. The average molecular weight is 551 g/mol. The highest BCUT2D eigenvalue weighted by molar-refractivity contribution is 14.0. The number of nitrogens with one attached hydrogen (secondary N) is 2. The van der Waals surface area contributed by atoms with Gasteiger partial charge in [0.1, 0.15) is 6.26 Å². The van der Waals surface area contributed by atoms with Crippen LogP contribution in [-0.4, -0.2) is 42.5 Å². The van der Waals surface area contributed by atoms with Crippen molar-refractivity contribution >= 4 is 41.3 Å². The van der Waals surface area contributed by atoms with E-state index in [2.05, 4.69) is 43.0 Å². The van der Waals surface area contributed by atoms with Gasteiger partial charge in [-0.25, -0.2) is 4.98 Å². The molecular formula is C23H30IN5OS. The predicted molar refractivity (Wildman–Crippen MR) is 138 cm³/mol. The molecule has 1 saturated heterocycles. The third kappa shape index (κ3) is 7.05. The average Bonchev–Trinajstić information content (AvgIpc) is 3.48. The van der Waals surface area contributed by atoms with E-state index in [4.69, 9.17) is 4.42 Å². The highest BCUT2D eigenvalue weighted by atomic mass is 127. The fourth-order valence-corrected chi connectivity index (χ4v) is 4.46. The molecule has 2 N–H and O–H groups in total. The van der Waals surface area contributed by atoms with Gasteiger partial charge in [0.15, 0.2) is 5.96 Å². The lowest BCUT2D eigenvalue weighted by Crippen LogP contribution is -2.42. The van der Waals surface area contributed by atoms with E-state index >= 15 is 0 Å². The Bertz CT molecular complexity index is 921. The van der Waals surface area contributed by atoms with Crippen molar-refractivity contribution in [3.05, 3.63) is 64.7 Å². The zero-order chi connectivity index (χ0) is 20.6. The molecule has 3 aromatic rings. The molecule has 0 amide bonds. The lowest BCUT2D eigenvalue weighted by molar-refractivity contribution is 0.179. The summed E-state index contributed by atoms with van der Waals surface area (Å²) in [6.07, 6.45) is 4.14. The molecule has 8 heteroatoms. The summed E-state index contributed by atoms with van der Waals surface area (Å²) in [6.45, 7) is 4.94. The highest BCUT2D eigenvalue weighted by Gasteiger charge is 2.19. The van der Waals surface area contributed by atoms with E-state index < -0.39 is 0 Å². The van der Waals surface area contributed by atoms with Crippen LogP contribution in [0, 0.1) is 5.92 Å². The first kappa shape index (κ1) is 23.7. The van der Waals surface area contributed by atoms with E-state index in [1.807, 2.05) is 41.7 Å². The Morgan fingerprint density at radius 2 is 1.97 bits per heavy atom. The summed E-state index contributed by atoms with van der Waals surface area (Å²) in [5, 5.41) is 8.97. The minimum Gasteiger partial charge on any atom is -0.444 e. The van der Waals surface area contributed by atoms with Gasteiger partial charge in [-0.1, -0.05) is 24.3 Å². The second-order valence-corrected chi connectivity index (χ2v) is 8.65. The molecule has 2 aromatic heterocycles. The fourth-order valence-electron chi connectivity index (χ4n) is 3.71. The van der Waals surface area contributed by atoms with Crippen molar-refractivity contribution in [1.29, 1.82) is 0 Å². The number of hydrogen-bond donors (Lipinski definition) is 2. The van der Waals surface area contributed by atoms with E-state index in [9.17, 15) is 0 Å². The number of hydrogen-bond acceptors (Lipinski definition) is 5. The quantitative estimate of drug-likeness (QED) is 0.256. The second kappa shape index (κ2) is 12.2. The van der Waals surface area contributed by atoms with Crippen molar-refractivity contribution in [2.75, 3.05) is 26.7 Å². The molecule has 0 unspecified atom stereocenters. The summed E-state index contributed by atoms with van der Waals surface area (Å²) < 4.78 is 5.60. The lowest BCUT2D eigenvalue weighted by atomic mass is 9.97. The first-order chi connectivity index (χ1) is 14.8. The first-order valence-corrected chi connectivity index (χ1v) is 11.4. The second-order valence-electron chi connectivity index (χ2n) is 7.62. The Morgan fingerprint density at radius 1 is 1.16 bits per heavy atom. The molecule has 0 bridgehead atoms. The number of halogens is 1. The van der Waals surface area contributed by atoms with Gasteiger partial charge in [0.05, 0.1) is 12.2 Å². The van der Waals surface area contributed by atoms with Gasteiger partial charge in [-0.15, -0.1) is 35.3 Å². The first-order valence-electron chi connectivity index (χ1n) is 10.5. The zero-order valence-electron chi connectivity index (χ0n) is 17.8. The molecule has 0 spiro atoms. The summed E-state index contributed by atoms with van der Waals surface area (Å²) in [6, 6.07) is 14.3. The zero-order valence-corrected chi connectivity index (χ0v) is 20.9. The van der Waals surface area contributed by atoms with E-state index in [1.54, 1.807) is 13.3 Å². The highest BCUT2D eigenvalue weighted by Crippen LogP contribution is 2.20. The number of guanidine groups is 1. The Hall–Kier alpha value is -1.91. The van der Waals surface area contributed by atoms with Crippen LogP contribution in [0.5, 0.6) is 0 Å². The van der Waals surface area contributed by atoms with Crippen LogP contribution in [0.1, 0.15) is 23.4 Å². The normalized spacial score (nSPS) is 15.5. The Labute approximate surface area is 205 Å². The van der Waals surface area contributed by atoms with Crippen LogP contribution >= 0.6 is 35.3 Å². The minimum atomic E-state index is 0. The molecule has 0 atom stereocenters. The van der Waals surface area contributed by atoms with E-state index in [0.29, 0.717) is 18.4 Å². The number of nitrogens with zero attached hydrogens (tertiary/aromatic N) is 3. The number of piperidine rings is 1. The molecule has 31 heavy (non-hydrogen) atoms. The van der Waals surface area contributed by atoms with Crippen molar-refractivity contribution in [3.8, 4) is 11.5 Å². The summed E-state index contributed by atoms with van der Waals surface area (Å²) in [5.41, 5.74) is 1.84. The van der Waals surface area contributed by atoms with Crippen LogP contribution in [-0.2, 0) is 13.1 Å². The van der Waals surface area contributed by atoms with Gasteiger partial charge in [0.2, 0.25) is 5.89 Å². The van der Waals surface area contributed by atoms with Gasteiger partial charge in [0, 0.05) is 30.6 Å². The molecule has 0 saturated carbocycles. The topological polar surface area (TPSA) is 65.7 Å². The largest absolute Gasteiger partial charge is 0.444 e. The van der Waals surface area contributed by atoms with E-state index in [-0.39, 0.29) is 24.0 Å². The van der Waals surface area contributed by atoms with Crippen molar-refractivity contribution in [3.63, 3.8) is 0 Å². The minimum absolute atomic E-state index is 0. The molecule has 4 rings (SSSR count). The Balaban J connectivity index is 0.00000272. The van der Waals surface area contributed by atoms with Gasteiger partial charge < -0.3 is 15.1 Å². The maximum atomic E-state index is 5.60. The monoisotopic (exact) mass is 551 g/mol. The number of oxazole rings is 1. The van der Waals surface area contributed by atoms with Crippen LogP contribution in [0.15, 0.2) is 63.5 Å². The van der Waals surface area contributed by atoms with Gasteiger partial charge >= 0.3 is 0 Å². The molecule has 1 aliphatic rings.